The second-order valence-corrected chi connectivity index (χ2v) is 5.83. The lowest BCUT2D eigenvalue weighted by molar-refractivity contribution is -0.141. The van der Waals surface area contributed by atoms with Crippen molar-refractivity contribution in [1.82, 2.24) is 4.90 Å². The third kappa shape index (κ3) is 5.53. The first-order valence-corrected chi connectivity index (χ1v) is 8.06. The standard InChI is InChI=1S/C20H25NO2/c1-21(16-20(22)23-2)15-9-14-19(17-10-5-3-6-11-17)18-12-7-4-8-13-18/h3-8,10-13,19H,9,14-16H2,1-2H3. The van der Waals surface area contributed by atoms with Gasteiger partial charge in [0.05, 0.1) is 13.7 Å². The maximum atomic E-state index is 11.3. The summed E-state index contributed by atoms with van der Waals surface area (Å²) in [6.45, 7) is 1.23. The van der Waals surface area contributed by atoms with E-state index in [2.05, 4.69) is 60.7 Å². The van der Waals surface area contributed by atoms with Gasteiger partial charge in [-0.1, -0.05) is 60.7 Å². The molecule has 0 aliphatic carbocycles. The van der Waals surface area contributed by atoms with Gasteiger partial charge in [0, 0.05) is 5.92 Å². The van der Waals surface area contributed by atoms with Crippen LogP contribution in [0, 0.1) is 0 Å². The summed E-state index contributed by atoms with van der Waals surface area (Å²) < 4.78 is 4.71. The minimum atomic E-state index is -0.185. The number of esters is 1. The molecule has 0 radical (unpaired) electrons. The quantitative estimate of drug-likeness (QED) is 0.696. The Labute approximate surface area is 138 Å². The molecule has 23 heavy (non-hydrogen) atoms. The fourth-order valence-corrected chi connectivity index (χ4v) is 2.83. The van der Waals surface area contributed by atoms with Crippen molar-refractivity contribution in [3.63, 3.8) is 0 Å². The number of hydrogen-bond acceptors (Lipinski definition) is 3. The van der Waals surface area contributed by atoms with Crippen LogP contribution < -0.4 is 0 Å². The topological polar surface area (TPSA) is 29.5 Å². The van der Waals surface area contributed by atoms with Gasteiger partial charge in [-0.15, -0.1) is 0 Å². The van der Waals surface area contributed by atoms with Crippen LogP contribution in [-0.4, -0.2) is 38.1 Å². The summed E-state index contributed by atoms with van der Waals surface area (Å²) in [6.07, 6.45) is 2.08. The van der Waals surface area contributed by atoms with Crippen molar-refractivity contribution in [3.8, 4) is 0 Å². The number of carbonyl (C=O) groups excluding carboxylic acids is 1. The number of ether oxygens (including phenoxy) is 1. The molecule has 3 heteroatoms. The van der Waals surface area contributed by atoms with E-state index in [-0.39, 0.29) is 5.97 Å². The average Bonchev–Trinajstić information content (AvgIpc) is 2.60. The van der Waals surface area contributed by atoms with E-state index in [0.29, 0.717) is 12.5 Å². The Hall–Kier alpha value is -2.13. The predicted octanol–water partition coefficient (Wildman–Crippen LogP) is 3.70. The van der Waals surface area contributed by atoms with Gasteiger partial charge in [0.25, 0.3) is 0 Å². The molecule has 0 aliphatic rings. The Morgan fingerprint density at radius 1 is 1.00 bits per heavy atom. The van der Waals surface area contributed by atoms with Crippen LogP contribution in [0.1, 0.15) is 29.9 Å². The first kappa shape index (κ1) is 17.2. The molecule has 0 N–H and O–H groups in total. The van der Waals surface area contributed by atoms with E-state index in [1.165, 1.54) is 18.2 Å². The van der Waals surface area contributed by atoms with Gasteiger partial charge < -0.3 is 4.74 Å². The monoisotopic (exact) mass is 311 g/mol. The van der Waals surface area contributed by atoms with Crippen LogP contribution in [0.3, 0.4) is 0 Å². The molecule has 0 bridgehead atoms. The molecule has 0 saturated carbocycles. The summed E-state index contributed by atoms with van der Waals surface area (Å²) in [4.78, 5) is 13.3. The van der Waals surface area contributed by atoms with Crippen molar-refractivity contribution < 1.29 is 9.53 Å². The lowest BCUT2D eigenvalue weighted by atomic mass is 9.87. The molecule has 0 heterocycles. The molecular weight excluding hydrogens is 286 g/mol. The lowest BCUT2D eigenvalue weighted by Gasteiger charge is -2.20. The molecule has 3 nitrogen and oxygen atoms in total. The summed E-state index contributed by atoms with van der Waals surface area (Å²) in [6, 6.07) is 21.2. The summed E-state index contributed by atoms with van der Waals surface area (Å²) >= 11 is 0. The van der Waals surface area contributed by atoms with Gasteiger partial charge in [0.15, 0.2) is 0 Å². The van der Waals surface area contributed by atoms with Gasteiger partial charge in [-0.05, 0) is 37.6 Å². The van der Waals surface area contributed by atoms with E-state index in [0.717, 1.165) is 19.4 Å². The minimum Gasteiger partial charge on any atom is -0.468 e. The van der Waals surface area contributed by atoms with E-state index in [4.69, 9.17) is 4.74 Å². The Morgan fingerprint density at radius 2 is 1.52 bits per heavy atom. The van der Waals surface area contributed by atoms with Gasteiger partial charge in [0.1, 0.15) is 0 Å². The van der Waals surface area contributed by atoms with Gasteiger partial charge in [-0.2, -0.15) is 0 Å². The summed E-state index contributed by atoms with van der Waals surface area (Å²) in [7, 11) is 3.38. The predicted molar refractivity (Wildman–Crippen MR) is 93.5 cm³/mol. The summed E-state index contributed by atoms with van der Waals surface area (Å²) in [5.41, 5.74) is 2.68. The number of methoxy groups -OCH3 is 1. The number of likely N-dealkylation sites (N-methyl/N-ethyl adjacent to an activating group) is 1. The average molecular weight is 311 g/mol. The molecule has 0 aromatic heterocycles. The highest BCUT2D eigenvalue weighted by Gasteiger charge is 2.14. The van der Waals surface area contributed by atoms with Gasteiger partial charge >= 0.3 is 5.97 Å². The SMILES string of the molecule is COC(=O)CN(C)CCCC(c1ccccc1)c1ccccc1. The molecular formula is C20H25NO2. The van der Waals surface area contributed by atoms with Crippen LogP contribution in [0.4, 0.5) is 0 Å². The highest BCUT2D eigenvalue weighted by atomic mass is 16.5. The summed E-state index contributed by atoms with van der Waals surface area (Å²) in [5.74, 6) is 0.207. The maximum absolute atomic E-state index is 11.3. The first-order chi connectivity index (χ1) is 11.2. The van der Waals surface area contributed by atoms with Gasteiger partial charge in [-0.3, -0.25) is 9.69 Å². The zero-order valence-electron chi connectivity index (χ0n) is 13.9. The Bertz CT molecular complexity index is 544. The number of benzene rings is 2. The molecule has 2 aromatic rings. The fraction of sp³-hybridized carbons (Fsp3) is 0.350. The third-order valence-electron chi connectivity index (χ3n) is 4.06. The number of carbonyl (C=O) groups is 1. The Kier molecular flexibility index (Phi) is 6.82. The van der Waals surface area contributed by atoms with Gasteiger partial charge in [0.2, 0.25) is 0 Å². The molecule has 2 aromatic carbocycles. The number of nitrogens with zero attached hydrogens (tertiary/aromatic N) is 1. The molecule has 0 fully saturated rings. The first-order valence-electron chi connectivity index (χ1n) is 8.06. The van der Waals surface area contributed by atoms with E-state index >= 15 is 0 Å². The summed E-state index contributed by atoms with van der Waals surface area (Å²) in [5, 5.41) is 0. The number of rotatable bonds is 8. The molecule has 0 spiro atoms. The van der Waals surface area contributed by atoms with Crippen LogP contribution in [0.25, 0.3) is 0 Å². The highest BCUT2D eigenvalue weighted by Crippen LogP contribution is 2.28. The Morgan fingerprint density at radius 3 is 2.00 bits per heavy atom. The van der Waals surface area contributed by atoms with E-state index in [1.807, 2.05) is 11.9 Å². The van der Waals surface area contributed by atoms with Crippen LogP contribution in [0.5, 0.6) is 0 Å². The van der Waals surface area contributed by atoms with E-state index in [1.54, 1.807) is 0 Å². The normalized spacial score (nSPS) is 11.0. The Balaban J connectivity index is 1.98. The lowest BCUT2D eigenvalue weighted by Crippen LogP contribution is -2.27. The van der Waals surface area contributed by atoms with Crippen molar-refractivity contribution in [1.29, 1.82) is 0 Å². The smallest absolute Gasteiger partial charge is 0.319 e. The molecule has 0 amide bonds. The largest absolute Gasteiger partial charge is 0.468 e. The van der Waals surface area contributed by atoms with Crippen molar-refractivity contribution in [3.05, 3.63) is 71.8 Å². The van der Waals surface area contributed by atoms with Gasteiger partial charge in [-0.25, -0.2) is 0 Å². The molecule has 0 atom stereocenters. The van der Waals surface area contributed by atoms with Crippen LogP contribution in [-0.2, 0) is 9.53 Å². The zero-order valence-corrected chi connectivity index (χ0v) is 13.9. The molecule has 122 valence electrons. The second kappa shape index (κ2) is 9.11. The van der Waals surface area contributed by atoms with Crippen molar-refractivity contribution in [2.24, 2.45) is 0 Å². The highest BCUT2D eigenvalue weighted by molar-refractivity contribution is 5.71. The second-order valence-electron chi connectivity index (χ2n) is 5.83. The fourth-order valence-electron chi connectivity index (χ4n) is 2.83. The minimum absolute atomic E-state index is 0.185. The zero-order chi connectivity index (χ0) is 16.5. The molecule has 0 aliphatic heterocycles. The van der Waals surface area contributed by atoms with E-state index in [9.17, 15) is 4.79 Å². The van der Waals surface area contributed by atoms with Crippen molar-refractivity contribution in [2.75, 3.05) is 27.2 Å². The van der Waals surface area contributed by atoms with Crippen molar-refractivity contribution in [2.45, 2.75) is 18.8 Å². The molecule has 0 unspecified atom stereocenters. The molecule has 0 saturated heterocycles. The third-order valence-corrected chi connectivity index (χ3v) is 4.06. The molecule has 2 rings (SSSR count). The van der Waals surface area contributed by atoms with Crippen LogP contribution >= 0.6 is 0 Å². The van der Waals surface area contributed by atoms with E-state index < -0.39 is 0 Å². The van der Waals surface area contributed by atoms with Crippen LogP contribution in [0.15, 0.2) is 60.7 Å². The number of hydrogen-bond donors (Lipinski definition) is 0. The van der Waals surface area contributed by atoms with Crippen LogP contribution in [0.2, 0.25) is 0 Å². The van der Waals surface area contributed by atoms with Crippen molar-refractivity contribution >= 4 is 5.97 Å². The maximum Gasteiger partial charge on any atom is 0.319 e.